The molecule has 5 nitrogen and oxygen atoms in total. The number of pyridine rings is 1. The maximum atomic E-state index is 11.6. The molecule has 1 aromatic rings. The summed E-state index contributed by atoms with van der Waals surface area (Å²) in [5.41, 5.74) is 0.585. The van der Waals surface area contributed by atoms with Gasteiger partial charge in [-0.3, -0.25) is 4.79 Å². The quantitative estimate of drug-likeness (QED) is 0.694. The van der Waals surface area contributed by atoms with Crippen LogP contribution in [-0.4, -0.2) is 45.1 Å². The zero-order valence-electron chi connectivity index (χ0n) is 9.95. The first-order chi connectivity index (χ1) is 7.65. The Morgan fingerprint density at radius 3 is 2.62 bits per heavy atom. The van der Waals surface area contributed by atoms with Gasteiger partial charge in [-0.05, 0) is 19.2 Å². The highest BCUT2D eigenvalue weighted by Crippen LogP contribution is 2.07. The molecule has 0 saturated heterocycles. The van der Waals surface area contributed by atoms with Crippen molar-refractivity contribution >= 4 is 11.7 Å². The summed E-state index contributed by atoms with van der Waals surface area (Å²) in [7, 11) is 5.67. The van der Waals surface area contributed by atoms with E-state index in [1.54, 1.807) is 12.3 Å². The molecule has 0 spiro atoms. The summed E-state index contributed by atoms with van der Waals surface area (Å²) in [5, 5.41) is 5.76. The number of nitrogens with zero attached hydrogens (tertiary/aromatic N) is 2. The summed E-state index contributed by atoms with van der Waals surface area (Å²) in [5.74, 6) is 0.750. The minimum Gasteiger partial charge on any atom is -0.363 e. The van der Waals surface area contributed by atoms with Gasteiger partial charge >= 0.3 is 0 Å². The third kappa shape index (κ3) is 3.51. The predicted octanol–water partition coefficient (Wildman–Crippen LogP) is 0.0968. The Balaban J connectivity index is 2.56. The van der Waals surface area contributed by atoms with Gasteiger partial charge in [0.1, 0.15) is 5.82 Å². The van der Waals surface area contributed by atoms with E-state index in [1.807, 2.05) is 32.1 Å². The molecule has 88 valence electrons. The fourth-order valence-corrected chi connectivity index (χ4v) is 1.19. The van der Waals surface area contributed by atoms with Crippen molar-refractivity contribution in [1.29, 1.82) is 0 Å². The minimum atomic E-state index is -0.0898. The first kappa shape index (κ1) is 12.4. The highest BCUT2D eigenvalue weighted by Gasteiger charge is 2.05. The van der Waals surface area contributed by atoms with Crippen LogP contribution in [0.3, 0.4) is 0 Å². The summed E-state index contributed by atoms with van der Waals surface area (Å²) in [6.45, 7) is 1.37. The molecule has 0 unspecified atom stereocenters. The number of nitrogens with one attached hydrogen (secondary N) is 2. The molecular weight excluding hydrogens is 204 g/mol. The van der Waals surface area contributed by atoms with Gasteiger partial charge in [-0.2, -0.15) is 0 Å². The van der Waals surface area contributed by atoms with Crippen LogP contribution in [0.4, 0.5) is 5.82 Å². The molecule has 0 radical (unpaired) electrons. The van der Waals surface area contributed by atoms with Gasteiger partial charge in [0.2, 0.25) is 0 Å². The molecule has 2 N–H and O–H groups in total. The number of rotatable bonds is 5. The van der Waals surface area contributed by atoms with Crippen molar-refractivity contribution in [3.05, 3.63) is 23.9 Å². The summed E-state index contributed by atoms with van der Waals surface area (Å²) < 4.78 is 0. The van der Waals surface area contributed by atoms with E-state index in [1.165, 1.54) is 0 Å². The average molecular weight is 222 g/mol. The van der Waals surface area contributed by atoms with E-state index in [2.05, 4.69) is 15.6 Å². The molecule has 0 aliphatic heterocycles. The molecule has 16 heavy (non-hydrogen) atoms. The Morgan fingerprint density at radius 2 is 2.12 bits per heavy atom. The first-order valence-electron chi connectivity index (χ1n) is 5.21. The van der Waals surface area contributed by atoms with Gasteiger partial charge in [0, 0.05) is 33.4 Å². The van der Waals surface area contributed by atoms with Gasteiger partial charge in [0.25, 0.3) is 5.91 Å². The number of carbonyl (C=O) groups is 1. The highest BCUT2D eigenvalue weighted by molar-refractivity contribution is 5.94. The van der Waals surface area contributed by atoms with Crippen LogP contribution in [0.25, 0.3) is 0 Å². The number of hydrogen-bond acceptors (Lipinski definition) is 4. The van der Waals surface area contributed by atoms with Crippen molar-refractivity contribution in [2.24, 2.45) is 0 Å². The second-order valence-electron chi connectivity index (χ2n) is 3.66. The van der Waals surface area contributed by atoms with E-state index in [0.29, 0.717) is 12.1 Å². The molecular formula is C11H18N4O. The molecule has 0 atom stereocenters. The Morgan fingerprint density at radius 1 is 1.38 bits per heavy atom. The van der Waals surface area contributed by atoms with Crippen molar-refractivity contribution in [1.82, 2.24) is 15.6 Å². The summed E-state index contributed by atoms with van der Waals surface area (Å²) in [6.07, 6.45) is 1.59. The molecule has 0 aliphatic rings. The zero-order chi connectivity index (χ0) is 12.0. The van der Waals surface area contributed by atoms with Crippen molar-refractivity contribution < 1.29 is 4.79 Å². The minimum absolute atomic E-state index is 0.0898. The van der Waals surface area contributed by atoms with Gasteiger partial charge in [-0.15, -0.1) is 0 Å². The van der Waals surface area contributed by atoms with E-state index in [-0.39, 0.29) is 5.91 Å². The maximum Gasteiger partial charge on any atom is 0.252 e. The van der Waals surface area contributed by atoms with Gasteiger partial charge in [0.15, 0.2) is 0 Å². The summed E-state index contributed by atoms with van der Waals surface area (Å²) in [4.78, 5) is 17.7. The Bertz CT molecular complexity index is 334. The number of hydrogen-bond donors (Lipinski definition) is 2. The molecule has 0 aromatic carbocycles. The second kappa shape index (κ2) is 6.07. The summed E-state index contributed by atoms with van der Waals surface area (Å²) in [6, 6.07) is 3.60. The Hall–Kier alpha value is -1.62. The lowest BCUT2D eigenvalue weighted by Crippen LogP contribution is -2.30. The molecule has 1 heterocycles. The van der Waals surface area contributed by atoms with E-state index < -0.39 is 0 Å². The molecule has 0 saturated carbocycles. The van der Waals surface area contributed by atoms with E-state index in [4.69, 9.17) is 0 Å². The smallest absolute Gasteiger partial charge is 0.252 e. The van der Waals surface area contributed by atoms with Crippen molar-refractivity contribution in [3.8, 4) is 0 Å². The number of amides is 1. The van der Waals surface area contributed by atoms with Crippen molar-refractivity contribution in [2.45, 2.75) is 0 Å². The fraction of sp³-hybridized carbons (Fsp3) is 0.455. The van der Waals surface area contributed by atoms with Crippen LogP contribution in [0.15, 0.2) is 18.3 Å². The van der Waals surface area contributed by atoms with Crippen LogP contribution in [0.5, 0.6) is 0 Å². The third-order valence-corrected chi connectivity index (χ3v) is 2.13. The van der Waals surface area contributed by atoms with E-state index >= 15 is 0 Å². The SMILES string of the molecule is CNCCNC(=O)c1ccc(N(C)C)nc1. The molecule has 1 amide bonds. The van der Waals surface area contributed by atoms with E-state index in [0.717, 1.165) is 12.4 Å². The van der Waals surface area contributed by atoms with Gasteiger partial charge in [0.05, 0.1) is 5.56 Å². The van der Waals surface area contributed by atoms with Gasteiger partial charge < -0.3 is 15.5 Å². The number of anilines is 1. The van der Waals surface area contributed by atoms with Crippen molar-refractivity contribution in [3.63, 3.8) is 0 Å². The van der Waals surface area contributed by atoms with E-state index in [9.17, 15) is 4.79 Å². The van der Waals surface area contributed by atoms with Crippen LogP contribution in [0.1, 0.15) is 10.4 Å². The maximum absolute atomic E-state index is 11.6. The molecule has 0 aliphatic carbocycles. The topological polar surface area (TPSA) is 57.3 Å². The van der Waals surface area contributed by atoms with Gasteiger partial charge in [-0.25, -0.2) is 4.98 Å². The number of likely N-dealkylation sites (N-methyl/N-ethyl adjacent to an activating group) is 1. The molecule has 1 aromatic heterocycles. The van der Waals surface area contributed by atoms with Crippen LogP contribution < -0.4 is 15.5 Å². The van der Waals surface area contributed by atoms with Crippen LogP contribution in [-0.2, 0) is 0 Å². The molecule has 1 rings (SSSR count). The lowest BCUT2D eigenvalue weighted by atomic mass is 10.2. The first-order valence-corrected chi connectivity index (χ1v) is 5.21. The standard InChI is InChI=1S/C11H18N4O/c1-12-6-7-13-11(16)9-4-5-10(14-8-9)15(2)3/h4-5,8,12H,6-7H2,1-3H3,(H,13,16). The van der Waals surface area contributed by atoms with Crippen LogP contribution >= 0.6 is 0 Å². The normalized spacial score (nSPS) is 9.94. The third-order valence-electron chi connectivity index (χ3n) is 2.13. The molecule has 0 fully saturated rings. The lowest BCUT2D eigenvalue weighted by Gasteiger charge is -2.11. The highest BCUT2D eigenvalue weighted by atomic mass is 16.1. The Kier molecular flexibility index (Phi) is 4.72. The summed E-state index contributed by atoms with van der Waals surface area (Å²) >= 11 is 0. The predicted molar refractivity (Wildman–Crippen MR) is 64.8 cm³/mol. The largest absolute Gasteiger partial charge is 0.363 e. The lowest BCUT2D eigenvalue weighted by molar-refractivity contribution is 0.0954. The number of carbonyl (C=O) groups excluding carboxylic acids is 1. The van der Waals surface area contributed by atoms with Gasteiger partial charge in [-0.1, -0.05) is 0 Å². The van der Waals surface area contributed by atoms with Crippen molar-refractivity contribution in [2.75, 3.05) is 39.1 Å². The number of aromatic nitrogens is 1. The average Bonchev–Trinajstić information content (AvgIpc) is 2.29. The zero-order valence-corrected chi connectivity index (χ0v) is 9.95. The molecule has 5 heteroatoms. The monoisotopic (exact) mass is 222 g/mol. The Labute approximate surface area is 95.9 Å². The fourth-order valence-electron chi connectivity index (χ4n) is 1.19. The molecule has 0 bridgehead atoms. The second-order valence-corrected chi connectivity index (χ2v) is 3.66. The van der Waals surface area contributed by atoms with Crippen LogP contribution in [0, 0.1) is 0 Å². The van der Waals surface area contributed by atoms with Crippen LogP contribution in [0.2, 0.25) is 0 Å².